The number of hydrogen-bond acceptors (Lipinski definition) is 5. The zero-order valence-corrected chi connectivity index (χ0v) is 25.8. The molecule has 1 aliphatic carbocycles. The quantitative estimate of drug-likeness (QED) is 0.319. The molecule has 7 nitrogen and oxygen atoms in total. The predicted octanol–water partition coefficient (Wildman–Crippen LogP) is 8.08. The van der Waals surface area contributed by atoms with Gasteiger partial charge < -0.3 is 19.1 Å². The maximum absolute atomic E-state index is 13.2. The zero-order valence-electron chi connectivity index (χ0n) is 25.8. The fourth-order valence-electron chi connectivity index (χ4n) is 5.59. The minimum atomic E-state index is -4.50. The van der Waals surface area contributed by atoms with Crippen LogP contribution in [0.3, 0.4) is 0 Å². The van der Waals surface area contributed by atoms with Crippen molar-refractivity contribution in [1.29, 1.82) is 0 Å². The molecule has 0 radical (unpaired) electrons. The van der Waals surface area contributed by atoms with E-state index in [9.17, 15) is 22.8 Å². The van der Waals surface area contributed by atoms with Gasteiger partial charge in [-0.15, -0.1) is 0 Å². The molecule has 0 unspecified atom stereocenters. The number of hydrogen-bond donors (Lipinski definition) is 0. The van der Waals surface area contributed by atoms with Crippen LogP contribution < -0.4 is 14.4 Å². The Morgan fingerprint density at radius 3 is 2.30 bits per heavy atom. The number of piperidine rings is 1. The third-order valence-corrected chi connectivity index (χ3v) is 7.61. The fourth-order valence-corrected chi connectivity index (χ4v) is 5.59. The van der Waals surface area contributed by atoms with Crippen LogP contribution in [-0.4, -0.2) is 54.9 Å². The minimum Gasteiger partial charge on any atom is -0.490 e. The predicted molar refractivity (Wildman–Crippen MR) is 161 cm³/mol. The van der Waals surface area contributed by atoms with E-state index in [2.05, 4.69) is 0 Å². The van der Waals surface area contributed by atoms with Gasteiger partial charge in [-0.3, -0.25) is 9.69 Å². The molecule has 3 aliphatic rings. The van der Waals surface area contributed by atoms with Crippen LogP contribution in [-0.2, 0) is 22.6 Å². The standard InChI is InChI=1S/C29H33F3N2O5.2C2H6/c30-29(31,32)19-38-26-17-24(39-23-7-2-1-3-8-23)11-10-20(26)16-27(35)33-14-12-22(13-15-33)34-25-9-5-4-6-21(25)18-37-28(34)36;2*1-2/h4-6,9-11,17,22-23H,1-3,7-8,12-16,18-19H2;2*1-2H3. The summed E-state index contributed by atoms with van der Waals surface area (Å²) < 4.78 is 55.3. The van der Waals surface area contributed by atoms with Crippen LogP contribution in [0.1, 0.15) is 83.8 Å². The second-order valence-electron chi connectivity index (χ2n) is 10.4. The Hall–Kier alpha value is -3.43. The van der Waals surface area contributed by atoms with Crippen LogP contribution in [0.2, 0.25) is 0 Å². The first kappa shape index (κ1) is 34.1. The van der Waals surface area contributed by atoms with Gasteiger partial charge in [-0.2, -0.15) is 13.2 Å². The third kappa shape index (κ3) is 9.53. The molecule has 0 N–H and O–H groups in total. The van der Waals surface area contributed by atoms with E-state index in [0.717, 1.165) is 43.4 Å². The highest BCUT2D eigenvalue weighted by atomic mass is 19.4. The Kier molecular flexibility index (Phi) is 13.0. The van der Waals surface area contributed by atoms with E-state index in [1.54, 1.807) is 21.9 Å². The van der Waals surface area contributed by atoms with Crippen molar-refractivity contribution < 1.29 is 37.0 Å². The van der Waals surface area contributed by atoms with Gasteiger partial charge in [-0.05, 0) is 50.7 Å². The molecule has 5 rings (SSSR count). The van der Waals surface area contributed by atoms with Crippen LogP contribution in [0, 0.1) is 0 Å². The summed E-state index contributed by atoms with van der Waals surface area (Å²) in [5, 5.41) is 0. The van der Waals surface area contributed by atoms with E-state index in [-0.39, 0.29) is 42.9 Å². The molecule has 2 aliphatic heterocycles. The molecule has 2 fully saturated rings. The first-order valence-electron chi connectivity index (χ1n) is 15.6. The maximum Gasteiger partial charge on any atom is 0.422 e. The molecule has 43 heavy (non-hydrogen) atoms. The van der Waals surface area contributed by atoms with E-state index in [1.807, 2.05) is 52.0 Å². The van der Waals surface area contributed by atoms with Crippen molar-refractivity contribution in [3.05, 3.63) is 53.6 Å². The van der Waals surface area contributed by atoms with Gasteiger partial charge in [-0.1, -0.05) is 58.4 Å². The number of para-hydroxylation sites is 1. The van der Waals surface area contributed by atoms with Gasteiger partial charge in [0.2, 0.25) is 5.91 Å². The molecular weight excluding hydrogens is 561 g/mol. The Balaban J connectivity index is 0.00000121. The summed E-state index contributed by atoms with van der Waals surface area (Å²) in [6, 6.07) is 12.3. The highest BCUT2D eigenvalue weighted by Gasteiger charge is 2.35. The lowest BCUT2D eigenvalue weighted by atomic mass is 9.98. The molecule has 2 aromatic rings. The van der Waals surface area contributed by atoms with Gasteiger partial charge in [-0.25, -0.2) is 4.79 Å². The second-order valence-corrected chi connectivity index (χ2v) is 10.4. The minimum absolute atomic E-state index is 0.0107. The van der Waals surface area contributed by atoms with Crippen molar-refractivity contribution in [3.63, 3.8) is 0 Å². The smallest absolute Gasteiger partial charge is 0.422 e. The number of carbonyl (C=O) groups is 2. The van der Waals surface area contributed by atoms with Crippen LogP contribution in [0.25, 0.3) is 0 Å². The third-order valence-electron chi connectivity index (χ3n) is 7.61. The summed E-state index contributed by atoms with van der Waals surface area (Å²) in [5.74, 6) is 0.259. The summed E-state index contributed by atoms with van der Waals surface area (Å²) in [7, 11) is 0. The Morgan fingerprint density at radius 1 is 0.953 bits per heavy atom. The summed E-state index contributed by atoms with van der Waals surface area (Å²) in [4.78, 5) is 29.1. The average molecular weight is 607 g/mol. The molecule has 1 saturated carbocycles. The lowest BCUT2D eigenvalue weighted by Gasteiger charge is -2.40. The Bertz CT molecular complexity index is 1180. The van der Waals surface area contributed by atoms with E-state index < -0.39 is 12.8 Å². The number of benzene rings is 2. The number of alkyl halides is 3. The largest absolute Gasteiger partial charge is 0.490 e. The van der Waals surface area contributed by atoms with Gasteiger partial charge in [0.15, 0.2) is 6.61 Å². The van der Waals surface area contributed by atoms with E-state index in [4.69, 9.17) is 14.2 Å². The average Bonchev–Trinajstić information content (AvgIpc) is 3.03. The topological polar surface area (TPSA) is 68.3 Å². The monoisotopic (exact) mass is 606 g/mol. The van der Waals surface area contributed by atoms with Gasteiger partial charge in [0, 0.05) is 36.3 Å². The number of carbonyl (C=O) groups excluding carboxylic acids is 2. The van der Waals surface area contributed by atoms with Crippen LogP contribution in [0.4, 0.5) is 23.7 Å². The number of anilines is 1. The van der Waals surface area contributed by atoms with Crippen LogP contribution in [0.5, 0.6) is 11.5 Å². The van der Waals surface area contributed by atoms with Crippen LogP contribution >= 0.6 is 0 Å². The summed E-state index contributed by atoms with van der Waals surface area (Å²) in [5.41, 5.74) is 2.16. The molecule has 0 spiro atoms. The van der Waals surface area contributed by atoms with E-state index >= 15 is 0 Å². The number of fused-ring (bicyclic) bond motifs is 1. The first-order chi connectivity index (χ1) is 20.8. The lowest BCUT2D eigenvalue weighted by Crippen LogP contribution is -2.50. The number of cyclic esters (lactones) is 1. The SMILES string of the molecule is CC.CC.O=C(Cc1ccc(OC2CCCCC2)cc1OCC(F)(F)F)N1CCC(N2C(=O)OCc3ccccc32)CC1. The molecular formula is C33H45F3N2O5. The molecule has 0 atom stereocenters. The van der Waals surface area contributed by atoms with Gasteiger partial charge in [0.25, 0.3) is 0 Å². The van der Waals surface area contributed by atoms with Crippen LogP contribution in [0.15, 0.2) is 42.5 Å². The van der Waals surface area contributed by atoms with Crippen molar-refractivity contribution in [2.75, 3.05) is 24.6 Å². The number of nitrogens with zero attached hydrogens (tertiary/aromatic N) is 2. The van der Waals surface area contributed by atoms with Crippen molar-refractivity contribution in [1.82, 2.24) is 4.90 Å². The molecule has 2 amide bonds. The highest BCUT2D eigenvalue weighted by molar-refractivity contribution is 5.91. The summed E-state index contributed by atoms with van der Waals surface area (Å²) >= 11 is 0. The zero-order chi connectivity index (χ0) is 31.4. The summed E-state index contributed by atoms with van der Waals surface area (Å²) in [6.07, 6.45) is 1.31. The van der Waals surface area contributed by atoms with Gasteiger partial charge in [0.05, 0.1) is 18.2 Å². The molecule has 1 saturated heterocycles. The Morgan fingerprint density at radius 2 is 1.63 bits per heavy atom. The number of ether oxygens (including phenoxy) is 3. The normalized spacial score (nSPS) is 17.4. The van der Waals surface area contributed by atoms with Crippen molar-refractivity contribution in [2.24, 2.45) is 0 Å². The molecule has 10 heteroatoms. The molecule has 2 aromatic carbocycles. The summed E-state index contributed by atoms with van der Waals surface area (Å²) in [6.45, 7) is 7.65. The van der Waals surface area contributed by atoms with Crippen molar-refractivity contribution in [2.45, 2.75) is 104 Å². The second kappa shape index (κ2) is 16.4. The van der Waals surface area contributed by atoms with E-state index in [0.29, 0.717) is 37.2 Å². The van der Waals surface area contributed by atoms with Crippen molar-refractivity contribution >= 4 is 17.7 Å². The lowest BCUT2D eigenvalue weighted by molar-refractivity contribution is -0.153. The van der Waals surface area contributed by atoms with Gasteiger partial charge >= 0.3 is 12.3 Å². The fraction of sp³-hybridized carbons (Fsp3) is 0.576. The molecule has 238 valence electrons. The number of rotatable bonds is 7. The Labute approximate surface area is 253 Å². The molecule has 0 bridgehead atoms. The number of amides is 2. The molecule has 2 heterocycles. The maximum atomic E-state index is 13.2. The van der Waals surface area contributed by atoms with Crippen molar-refractivity contribution in [3.8, 4) is 11.5 Å². The number of likely N-dealkylation sites (tertiary alicyclic amines) is 1. The number of halogens is 3. The highest BCUT2D eigenvalue weighted by Crippen LogP contribution is 2.33. The van der Waals surface area contributed by atoms with Gasteiger partial charge in [0.1, 0.15) is 18.1 Å². The van der Waals surface area contributed by atoms with E-state index in [1.165, 1.54) is 6.07 Å². The molecule has 0 aromatic heterocycles. The first-order valence-corrected chi connectivity index (χ1v) is 15.6.